The predicted molar refractivity (Wildman–Crippen MR) is 116 cm³/mol. The van der Waals surface area contributed by atoms with E-state index >= 15 is 0 Å². The summed E-state index contributed by atoms with van der Waals surface area (Å²) in [4.78, 5) is 53.1. The van der Waals surface area contributed by atoms with Crippen LogP contribution < -0.4 is 16.0 Å². The average molecular weight is 436 g/mol. The van der Waals surface area contributed by atoms with Gasteiger partial charge in [0.25, 0.3) is 0 Å². The summed E-state index contributed by atoms with van der Waals surface area (Å²) >= 11 is 0. The zero-order chi connectivity index (χ0) is 22.4. The lowest BCUT2D eigenvalue weighted by molar-refractivity contribution is -0.137. The fourth-order valence-electron chi connectivity index (χ4n) is 5.29. The summed E-state index contributed by atoms with van der Waals surface area (Å²) < 4.78 is 0. The Labute approximate surface area is 184 Å². The molecule has 3 N–H and O–H groups in total. The monoisotopic (exact) mass is 435 g/mol. The van der Waals surface area contributed by atoms with Crippen molar-refractivity contribution >= 4 is 23.6 Å². The van der Waals surface area contributed by atoms with E-state index in [1.807, 2.05) is 4.90 Å². The minimum absolute atomic E-state index is 0.0117. The highest BCUT2D eigenvalue weighted by molar-refractivity contribution is 5.88. The number of carbonyl (C=O) groups excluding carboxylic acids is 4. The van der Waals surface area contributed by atoms with Gasteiger partial charge in [-0.3, -0.25) is 24.1 Å². The number of likely N-dealkylation sites (tertiary alicyclic amines) is 2. The maximum atomic E-state index is 13.1. The van der Waals surface area contributed by atoms with Crippen LogP contribution in [0.2, 0.25) is 0 Å². The van der Waals surface area contributed by atoms with Gasteiger partial charge >= 0.3 is 0 Å². The van der Waals surface area contributed by atoms with Gasteiger partial charge in [-0.05, 0) is 51.1 Å². The molecule has 3 rings (SSSR count). The van der Waals surface area contributed by atoms with E-state index in [1.54, 1.807) is 14.0 Å². The number of fused-ring (bicyclic) bond motifs is 1. The average Bonchev–Trinajstić information content (AvgIpc) is 2.76. The molecule has 3 fully saturated rings. The molecule has 0 unspecified atom stereocenters. The summed E-state index contributed by atoms with van der Waals surface area (Å²) in [6.07, 6.45) is 5.80. The quantitative estimate of drug-likeness (QED) is 0.559. The van der Waals surface area contributed by atoms with Crippen molar-refractivity contribution in [2.24, 2.45) is 11.3 Å². The number of likely N-dealkylation sites (N-methyl/N-ethyl adjacent to an activating group) is 1. The lowest BCUT2D eigenvalue weighted by atomic mass is 9.73. The molecule has 0 aromatic rings. The second kappa shape index (κ2) is 10.4. The highest BCUT2D eigenvalue weighted by Gasteiger charge is 2.41. The first-order valence-electron chi connectivity index (χ1n) is 11.6. The van der Waals surface area contributed by atoms with Gasteiger partial charge in [0, 0.05) is 33.1 Å². The van der Waals surface area contributed by atoms with Crippen molar-refractivity contribution in [1.82, 2.24) is 25.8 Å². The number of piperidine rings is 2. The maximum absolute atomic E-state index is 13.1. The highest BCUT2D eigenvalue weighted by atomic mass is 16.2. The zero-order valence-electron chi connectivity index (χ0n) is 18.9. The molecule has 9 heteroatoms. The van der Waals surface area contributed by atoms with Crippen LogP contribution in [0, 0.1) is 11.3 Å². The minimum Gasteiger partial charge on any atom is -0.358 e. The molecule has 0 radical (unpaired) electrons. The van der Waals surface area contributed by atoms with Crippen molar-refractivity contribution in [2.45, 2.75) is 57.9 Å². The van der Waals surface area contributed by atoms with Crippen molar-refractivity contribution in [3.05, 3.63) is 0 Å². The molecule has 174 valence electrons. The van der Waals surface area contributed by atoms with Crippen molar-refractivity contribution in [3.63, 3.8) is 0 Å². The Morgan fingerprint density at radius 3 is 2.52 bits per heavy atom. The van der Waals surface area contributed by atoms with E-state index in [2.05, 4.69) is 20.9 Å². The van der Waals surface area contributed by atoms with Crippen LogP contribution >= 0.6 is 0 Å². The third kappa shape index (κ3) is 5.96. The lowest BCUT2D eigenvalue weighted by Crippen LogP contribution is -2.55. The second-order valence-corrected chi connectivity index (χ2v) is 9.35. The van der Waals surface area contributed by atoms with E-state index < -0.39 is 5.41 Å². The van der Waals surface area contributed by atoms with Gasteiger partial charge in [-0.15, -0.1) is 0 Å². The molecular weight excluding hydrogens is 398 g/mol. The normalized spacial score (nSPS) is 27.9. The molecule has 9 nitrogen and oxygen atoms in total. The molecule has 0 aliphatic carbocycles. The first-order chi connectivity index (χ1) is 14.8. The van der Waals surface area contributed by atoms with Crippen molar-refractivity contribution in [3.8, 4) is 0 Å². The summed E-state index contributed by atoms with van der Waals surface area (Å²) in [5.41, 5.74) is -0.476. The number of nitrogens with zero attached hydrogens (tertiary/aromatic N) is 2. The van der Waals surface area contributed by atoms with Crippen LogP contribution in [-0.4, -0.2) is 85.8 Å². The number of amides is 4. The van der Waals surface area contributed by atoms with Crippen molar-refractivity contribution < 1.29 is 19.2 Å². The third-order valence-electron chi connectivity index (χ3n) is 7.36. The Hall–Kier alpha value is -2.16. The summed E-state index contributed by atoms with van der Waals surface area (Å²) in [7, 11) is 1.63. The third-order valence-corrected chi connectivity index (χ3v) is 7.36. The van der Waals surface area contributed by atoms with Gasteiger partial charge in [0.1, 0.15) is 0 Å². The number of carbonyl (C=O) groups is 4. The highest BCUT2D eigenvalue weighted by Crippen LogP contribution is 2.38. The maximum Gasteiger partial charge on any atom is 0.239 e. The van der Waals surface area contributed by atoms with Gasteiger partial charge in [0.2, 0.25) is 23.6 Å². The fourth-order valence-corrected chi connectivity index (χ4v) is 5.29. The van der Waals surface area contributed by atoms with Crippen LogP contribution in [0.25, 0.3) is 0 Å². The summed E-state index contributed by atoms with van der Waals surface area (Å²) in [5.74, 6) is 0.128. The topological polar surface area (TPSA) is 111 Å². The molecule has 3 aliphatic rings. The lowest BCUT2D eigenvalue weighted by Gasteiger charge is -2.42. The molecule has 0 saturated carbocycles. The standard InChI is InChI=1S/C22H37N5O4/c1-16(28)27-10-6-18-17(14-27)5-3-4-7-22(21(31)24-13-19(29)25-18)8-11-26(12-9-22)15-20(30)23-2/h17-18H,3-15H2,1-2H3,(H,23,30)(H,24,31)(H,25,29)/t17-,18+/m0/s1. The van der Waals surface area contributed by atoms with Crippen LogP contribution in [0.15, 0.2) is 0 Å². The number of rotatable bonds is 2. The second-order valence-electron chi connectivity index (χ2n) is 9.35. The zero-order valence-corrected chi connectivity index (χ0v) is 18.9. The minimum atomic E-state index is -0.476. The Kier molecular flexibility index (Phi) is 7.91. The molecule has 0 bridgehead atoms. The molecule has 0 aromatic heterocycles. The molecule has 4 amide bonds. The van der Waals surface area contributed by atoms with E-state index in [1.165, 1.54) is 0 Å². The van der Waals surface area contributed by atoms with Gasteiger partial charge in [0.05, 0.1) is 18.5 Å². The van der Waals surface area contributed by atoms with Crippen LogP contribution in [0.1, 0.15) is 51.9 Å². The molecule has 2 atom stereocenters. The molecule has 3 heterocycles. The van der Waals surface area contributed by atoms with E-state index in [-0.39, 0.29) is 42.1 Å². The predicted octanol–water partition coefficient (Wildman–Crippen LogP) is -0.142. The van der Waals surface area contributed by atoms with Crippen molar-refractivity contribution in [2.75, 3.05) is 46.3 Å². The van der Waals surface area contributed by atoms with Gasteiger partial charge in [-0.25, -0.2) is 0 Å². The smallest absolute Gasteiger partial charge is 0.239 e. The molecular formula is C22H37N5O4. The number of hydrogen-bond acceptors (Lipinski definition) is 5. The Bertz CT molecular complexity index is 689. The van der Waals surface area contributed by atoms with Gasteiger partial charge in [0.15, 0.2) is 0 Å². The first-order valence-corrected chi connectivity index (χ1v) is 11.6. The summed E-state index contributed by atoms with van der Waals surface area (Å²) in [6.45, 7) is 4.69. The van der Waals surface area contributed by atoms with Gasteiger partial charge in [-0.2, -0.15) is 0 Å². The molecule has 3 saturated heterocycles. The van der Waals surface area contributed by atoms with E-state index in [0.29, 0.717) is 45.6 Å². The molecule has 31 heavy (non-hydrogen) atoms. The Morgan fingerprint density at radius 2 is 1.84 bits per heavy atom. The Balaban J connectivity index is 1.64. The van der Waals surface area contributed by atoms with Gasteiger partial charge < -0.3 is 20.9 Å². The molecule has 1 spiro atoms. The van der Waals surface area contributed by atoms with Crippen LogP contribution in [0.3, 0.4) is 0 Å². The molecule has 0 aromatic carbocycles. The van der Waals surface area contributed by atoms with Gasteiger partial charge in [-0.1, -0.05) is 12.8 Å². The first kappa shape index (κ1) is 23.5. The van der Waals surface area contributed by atoms with Crippen LogP contribution in [0.5, 0.6) is 0 Å². The van der Waals surface area contributed by atoms with Crippen LogP contribution in [-0.2, 0) is 19.2 Å². The fraction of sp³-hybridized carbons (Fsp3) is 0.818. The van der Waals surface area contributed by atoms with E-state index in [4.69, 9.17) is 0 Å². The van der Waals surface area contributed by atoms with E-state index in [9.17, 15) is 19.2 Å². The summed E-state index contributed by atoms with van der Waals surface area (Å²) in [5, 5.41) is 8.63. The van der Waals surface area contributed by atoms with E-state index in [0.717, 1.165) is 32.1 Å². The number of hydrogen-bond donors (Lipinski definition) is 3. The molecule has 3 aliphatic heterocycles. The Morgan fingerprint density at radius 1 is 1.10 bits per heavy atom. The largest absolute Gasteiger partial charge is 0.358 e. The number of nitrogens with one attached hydrogen (secondary N) is 3. The summed E-state index contributed by atoms with van der Waals surface area (Å²) in [6, 6.07) is 0.0568. The SMILES string of the molecule is CNC(=O)CN1CCC2(CCCC[C@H]3CN(C(C)=O)CC[C@H]3NC(=O)CNC2=O)CC1. The van der Waals surface area contributed by atoms with Crippen molar-refractivity contribution in [1.29, 1.82) is 0 Å². The van der Waals surface area contributed by atoms with Crippen LogP contribution in [0.4, 0.5) is 0 Å².